The Labute approximate surface area is 54.9 Å². The Morgan fingerprint density at radius 1 is 1.83 bits per heavy atom. The van der Waals surface area contributed by atoms with Gasteiger partial charge in [-0.25, -0.2) is 0 Å². The van der Waals surface area contributed by atoms with E-state index in [0.717, 1.165) is 5.33 Å². The number of hydrogen-bond donors (Lipinski definition) is 0. The highest BCUT2D eigenvalue weighted by atomic mass is 79.9. The van der Waals surface area contributed by atoms with Crippen molar-refractivity contribution in [1.82, 2.24) is 0 Å². The molecule has 0 aromatic rings. The largest absolute Gasteiger partial charge is 0.0880 e. The van der Waals surface area contributed by atoms with Crippen LogP contribution in [0.2, 0.25) is 0 Å². The molecule has 0 saturated heterocycles. The molecule has 0 aromatic heterocycles. The van der Waals surface area contributed by atoms with E-state index < -0.39 is 0 Å². The Balaban J connectivity index is 3.22. The van der Waals surface area contributed by atoms with Crippen molar-refractivity contribution in [1.29, 1.82) is 0 Å². The van der Waals surface area contributed by atoms with E-state index in [1.54, 1.807) is 0 Å². The summed E-state index contributed by atoms with van der Waals surface area (Å²) in [6.45, 7) is 2.05. The summed E-state index contributed by atoms with van der Waals surface area (Å²) in [6, 6.07) is 0. The third-order valence-electron chi connectivity index (χ3n) is 0.397. The second kappa shape index (κ2) is 3.88. The molecular weight excluding hydrogens is 208 g/mol. The molecule has 0 unspecified atom stereocenters. The minimum Gasteiger partial charge on any atom is -0.0880 e. The summed E-state index contributed by atoms with van der Waals surface area (Å²) in [6.07, 6.45) is 0. The fraction of sp³-hybridized carbons (Fsp3) is 0.500. The number of rotatable bonds is 1. The molecule has 0 fully saturated rings. The lowest BCUT2D eigenvalue weighted by Gasteiger charge is -1.82. The average molecular weight is 214 g/mol. The minimum absolute atomic E-state index is 0.957. The molecule has 0 radical (unpaired) electrons. The quantitative estimate of drug-likeness (QED) is 0.588. The molecule has 0 saturated carbocycles. The number of allylic oxidation sites excluding steroid dienone is 1. The fourth-order valence-corrected chi connectivity index (χ4v) is 0.787. The summed E-state index contributed by atoms with van der Waals surface area (Å²) in [7, 11) is 0. The van der Waals surface area contributed by atoms with Crippen LogP contribution < -0.4 is 0 Å². The van der Waals surface area contributed by atoms with Crippen molar-refractivity contribution in [2.24, 2.45) is 0 Å². The molecule has 0 amide bonds. The average Bonchev–Trinajstić information content (AvgIpc) is 1.65. The minimum atomic E-state index is 0.957. The topological polar surface area (TPSA) is 0 Å². The maximum Gasteiger partial charge on any atom is 0.0247 e. The molecule has 0 nitrogen and oxygen atoms in total. The van der Waals surface area contributed by atoms with E-state index in [9.17, 15) is 0 Å². The van der Waals surface area contributed by atoms with Gasteiger partial charge in [0.05, 0.1) is 0 Å². The molecule has 36 valence electrons. The zero-order valence-corrected chi connectivity index (χ0v) is 6.71. The lowest BCUT2D eigenvalue weighted by atomic mass is 10.4. The van der Waals surface area contributed by atoms with E-state index in [1.807, 2.05) is 11.9 Å². The molecule has 0 aromatic carbocycles. The number of hydrogen-bond acceptors (Lipinski definition) is 0. The summed E-state index contributed by atoms with van der Waals surface area (Å²) < 4.78 is 0. The van der Waals surface area contributed by atoms with E-state index in [-0.39, 0.29) is 0 Å². The number of alkyl halides is 1. The van der Waals surface area contributed by atoms with E-state index in [0.29, 0.717) is 0 Å². The van der Waals surface area contributed by atoms with Gasteiger partial charge in [-0.1, -0.05) is 37.4 Å². The van der Waals surface area contributed by atoms with Gasteiger partial charge in [-0.2, -0.15) is 0 Å². The zero-order chi connectivity index (χ0) is 4.99. The Bertz CT molecular complexity index is 56.6. The summed E-state index contributed by atoms with van der Waals surface area (Å²) in [5.41, 5.74) is 1.30. The standard InChI is InChI=1S/C4H6Br2/c1-4(2-5)3-6/h2H,3H2,1H3/b4-2-. The lowest BCUT2D eigenvalue weighted by Crippen LogP contribution is -1.67. The summed E-state index contributed by atoms with van der Waals surface area (Å²) >= 11 is 6.46. The van der Waals surface area contributed by atoms with Crippen LogP contribution in [0.5, 0.6) is 0 Å². The van der Waals surface area contributed by atoms with Gasteiger partial charge in [0, 0.05) is 5.33 Å². The van der Waals surface area contributed by atoms with Gasteiger partial charge in [0.2, 0.25) is 0 Å². The van der Waals surface area contributed by atoms with Crippen LogP contribution in [-0.2, 0) is 0 Å². The van der Waals surface area contributed by atoms with Crippen LogP contribution in [-0.4, -0.2) is 5.33 Å². The summed E-state index contributed by atoms with van der Waals surface area (Å²) in [4.78, 5) is 1.90. The molecule has 0 aliphatic carbocycles. The van der Waals surface area contributed by atoms with E-state index in [1.165, 1.54) is 5.57 Å². The summed E-state index contributed by atoms with van der Waals surface area (Å²) in [5.74, 6) is 0. The van der Waals surface area contributed by atoms with Crippen LogP contribution in [0.15, 0.2) is 10.6 Å². The van der Waals surface area contributed by atoms with Crippen LogP contribution in [0.25, 0.3) is 0 Å². The normalized spacial score (nSPS) is 12.2. The van der Waals surface area contributed by atoms with Gasteiger partial charge in [-0.15, -0.1) is 0 Å². The second-order valence-electron chi connectivity index (χ2n) is 1.09. The molecule has 0 N–H and O–H groups in total. The first-order valence-electron chi connectivity index (χ1n) is 1.63. The first kappa shape index (κ1) is 6.70. The maximum atomic E-state index is 3.28. The van der Waals surface area contributed by atoms with Gasteiger partial charge in [-0.05, 0) is 11.9 Å². The van der Waals surface area contributed by atoms with E-state index in [2.05, 4.69) is 31.9 Å². The zero-order valence-electron chi connectivity index (χ0n) is 3.54. The number of halogens is 2. The highest BCUT2D eigenvalue weighted by Crippen LogP contribution is 1.99. The highest BCUT2D eigenvalue weighted by molar-refractivity contribution is 9.11. The predicted octanol–water partition coefficient (Wildman–Crippen LogP) is 2.68. The molecule has 6 heavy (non-hydrogen) atoms. The second-order valence-corrected chi connectivity index (χ2v) is 2.11. The lowest BCUT2D eigenvalue weighted by molar-refractivity contribution is 1.45. The Morgan fingerprint density at radius 3 is 2.33 bits per heavy atom. The first-order valence-corrected chi connectivity index (χ1v) is 3.66. The Morgan fingerprint density at radius 2 is 2.33 bits per heavy atom. The van der Waals surface area contributed by atoms with Crippen molar-refractivity contribution >= 4 is 31.9 Å². The summed E-state index contributed by atoms with van der Waals surface area (Å²) in [5, 5.41) is 0.957. The van der Waals surface area contributed by atoms with Crippen LogP contribution in [0.3, 0.4) is 0 Å². The third kappa shape index (κ3) is 2.91. The monoisotopic (exact) mass is 212 g/mol. The van der Waals surface area contributed by atoms with Gasteiger partial charge >= 0.3 is 0 Å². The molecule has 0 spiro atoms. The molecule has 0 aliphatic heterocycles. The van der Waals surface area contributed by atoms with Gasteiger partial charge < -0.3 is 0 Å². The van der Waals surface area contributed by atoms with Crippen LogP contribution in [0, 0.1) is 0 Å². The van der Waals surface area contributed by atoms with Gasteiger partial charge in [0.1, 0.15) is 0 Å². The molecular formula is C4H6Br2. The van der Waals surface area contributed by atoms with Crippen molar-refractivity contribution in [3.63, 3.8) is 0 Å². The highest BCUT2D eigenvalue weighted by Gasteiger charge is 1.76. The van der Waals surface area contributed by atoms with Gasteiger partial charge in [0.25, 0.3) is 0 Å². The molecule has 0 bridgehead atoms. The van der Waals surface area contributed by atoms with Crippen LogP contribution in [0.4, 0.5) is 0 Å². The molecule has 0 rings (SSSR count). The molecule has 2 heteroatoms. The molecule has 0 aliphatic rings. The smallest absolute Gasteiger partial charge is 0.0247 e. The maximum absolute atomic E-state index is 3.28. The van der Waals surface area contributed by atoms with Crippen molar-refractivity contribution in [2.45, 2.75) is 6.92 Å². The van der Waals surface area contributed by atoms with Gasteiger partial charge in [-0.3, -0.25) is 0 Å². The van der Waals surface area contributed by atoms with E-state index >= 15 is 0 Å². The molecule has 0 atom stereocenters. The third-order valence-corrected chi connectivity index (χ3v) is 2.06. The van der Waals surface area contributed by atoms with Crippen molar-refractivity contribution in [3.05, 3.63) is 10.6 Å². The first-order chi connectivity index (χ1) is 2.81. The fourth-order valence-electron chi connectivity index (χ4n) is 0.0292. The van der Waals surface area contributed by atoms with Gasteiger partial charge in [0.15, 0.2) is 0 Å². The van der Waals surface area contributed by atoms with E-state index in [4.69, 9.17) is 0 Å². The van der Waals surface area contributed by atoms with Crippen molar-refractivity contribution in [3.8, 4) is 0 Å². The van der Waals surface area contributed by atoms with Crippen molar-refractivity contribution in [2.75, 3.05) is 5.33 Å². The SMILES string of the molecule is C/C(=C/Br)CBr. The molecule has 0 heterocycles. The Kier molecular flexibility index (Phi) is 4.33. The van der Waals surface area contributed by atoms with Crippen LogP contribution in [0.1, 0.15) is 6.92 Å². The predicted molar refractivity (Wildman–Crippen MR) is 36.5 cm³/mol. The van der Waals surface area contributed by atoms with Crippen molar-refractivity contribution < 1.29 is 0 Å². The van der Waals surface area contributed by atoms with Crippen LogP contribution >= 0.6 is 31.9 Å². The Hall–Kier alpha value is 0.700.